The predicted octanol–water partition coefficient (Wildman–Crippen LogP) is 1.72. The van der Waals surface area contributed by atoms with Crippen molar-refractivity contribution in [2.75, 3.05) is 10.6 Å². The summed E-state index contributed by atoms with van der Waals surface area (Å²) in [6, 6.07) is 8.36. The van der Waals surface area contributed by atoms with Crippen LogP contribution in [0.15, 0.2) is 35.1 Å². The number of hydrogen-bond acceptors (Lipinski definition) is 4. The van der Waals surface area contributed by atoms with Crippen molar-refractivity contribution in [2.24, 2.45) is 0 Å². The normalized spacial score (nSPS) is 13.0. The molecule has 0 spiro atoms. The molecule has 0 saturated carbocycles. The van der Waals surface area contributed by atoms with Crippen LogP contribution in [-0.4, -0.2) is 21.6 Å². The van der Waals surface area contributed by atoms with E-state index in [1.807, 2.05) is 0 Å². The lowest BCUT2D eigenvalue weighted by molar-refractivity contribution is -0.117. The van der Waals surface area contributed by atoms with E-state index in [2.05, 4.69) is 15.7 Å². The van der Waals surface area contributed by atoms with Crippen molar-refractivity contribution in [3.8, 4) is 0 Å². The number of hydrogen-bond donors (Lipinski definition) is 2. The van der Waals surface area contributed by atoms with E-state index in [1.54, 1.807) is 30.3 Å². The summed E-state index contributed by atoms with van der Waals surface area (Å²) in [5.41, 5.74) is 2.90. The molecule has 2 aromatic rings. The molecule has 3 rings (SSSR count). The Kier molecular flexibility index (Phi) is 4.92. The third-order valence-electron chi connectivity index (χ3n) is 4.06. The SMILES string of the molecule is CC(=O)Nc1ccc(NC(=O)Cn2nc3c(cc2=O)CCCC3)cc1. The van der Waals surface area contributed by atoms with Gasteiger partial charge in [0.2, 0.25) is 11.8 Å². The molecule has 7 heteroatoms. The van der Waals surface area contributed by atoms with Crippen molar-refractivity contribution < 1.29 is 9.59 Å². The maximum absolute atomic E-state index is 12.2. The Hall–Kier alpha value is -2.96. The van der Waals surface area contributed by atoms with Gasteiger partial charge >= 0.3 is 0 Å². The molecule has 1 aromatic heterocycles. The fraction of sp³-hybridized carbons (Fsp3) is 0.333. The number of carbonyl (C=O) groups is 2. The van der Waals surface area contributed by atoms with Crippen LogP contribution in [0.3, 0.4) is 0 Å². The Morgan fingerprint density at radius 1 is 1.08 bits per heavy atom. The maximum atomic E-state index is 12.2. The Labute approximate surface area is 145 Å². The van der Waals surface area contributed by atoms with Gasteiger partial charge < -0.3 is 10.6 Å². The smallest absolute Gasteiger partial charge is 0.267 e. The summed E-state index contributed by atoms with van der Waals surface area (Å²) in [4.78, 5) is 35.3. The van der Waals surface area contributed by atoms with Gasteiger partial charge in [-0.2, -0.15) is 5.10 Å². The Bertz CT molecular complexity index is 856. The van der Waals surface area contributed by atoms with E-state index in [9.17, 15) is 14.4 Å². The maximum Gasteiger partial charge on any atom is 0.267 e. The van der Waals surface area contributed by atoms with Crippen LogP contribution in [0.25, 0.3) is 0 Å². The molecular weight excluding hydrogens is 320 g/mol. The number of fused-ring (bicyclic) bond motifs is 1. The first-order chi connectivity index (χ1) is 12.0. The van der Waals surface area contributed by atoms with Gasteiger partial charge in [0.15, 0.2) is 0 Å². The van der Waals surface area contributed by atoms with Crippen LogP contribution >= 0.6 is 0 Å². The van der Waals surface area contributed by atoms with Crippen LogP contribution in [-0.2, 0) is 29.0 Å². The topological polar surface area (TPSA) is 93.1 Å². The lowest BCUT2D eigenvalue weighted by Gasteiger charge is -2.15. The fourth-order valence-corrected chi connectivity index (χ4v) is 2.89. The molecule has 2 N–H and O–H groups in total. The Balaban J connectivity index is 1.66. The third-order valence-corrected chi connectivity index (χ3v) is 4.06. The number of anilines is 2. The minimum Gasteiger partial charge on any atom is -0.326 e. The first kappa shape index (κ1) is 16.9. The number of nitrogens with zero attached hydrogens (tertiary/aromatic N) is 2. The molecule has 0 saturated heterocycles. The molecular formula is C18H20N4O3. The Morgan fingerprint density at radius 3 is 2.40 bits per heavy atom. The molecule has 130 valence electrons. The largest absolute Gasteiger partial charge is 0.326 e. The van der Waals surface area contributed by atoms with Gasteiger partial charge in [0.25, 0.3) is 5.56 Å². The van der Waals surface area contributed by atoms with Crippen molar-refractivity contribution >= 4 is 23.2 Å². The van der Waals surface area contributed by atoms with Crippen LogP contribution in [0, 0.1) is 0 Å². The summed E-state index contributed by atoms with van der Waals surface area (Å²) in [5, 5.41) is 9.72. The van der Waals surface area contributed by atoms with E-state index < -0.39 is 0 Å². The highest BCUT2D eigenvalue weighted by atomic mass is 16.2. The molecule has 1 aliphatic carbocycles. The second kappa shape index (κ2) is 7.29. The van der Waals surface area contributed by atoms with Gasteiger partial charge in [-0.3, -0.25) is 14.4 Å². The summed E-state index contributed by atoms with van der Waals surface area (Å²) in [7, 11) is 0. The summed E-state index contributed by atoms with van der Waals surface area (Å²) < 4.78 is 1.21. The van der Waals surface area contributed by atoms with Crippen LogP contribution < -0.4 is 16.2 Å². The van der Waals surface area contributed by atoms with Gasteiger partial charge in [0.05, 0.1) is 5.69 Å². The minimum absolute atomic E-state index is 0.125. The highest BCUT2D eigenvalue weighted by molar-refractivity contribution is 5.92. The quantitative estimate of drug-likeness (QED) is 0.886. The number of rotatable bonds is 4. The summed E-state index contributed by atoms with van der Waals surface area (Å²) in [5.74, 6) is -0.479. The molecule has 0 atom stereocenters. The average molecular weight is 340 g/mol. The van der Waals surface area contributed by atoms with Crippen LogP contribution in [0.1, 0.15) is 31.0 Å². The molecule has 0 radical (unpaired) electrons. The molecule has 25 heavy (non-hydrogen) atoms. The number of amides is 2. The van der Waals surface area contributed by atoms with Gasteiger partial charge in [-0.05, 0) is 55.5 Å². The fourth-order valence-electron chi connectivity index (χ4n) is 2.89. The van der Waals surface area contributed by atoms with E-state index in [1.165, 1.54) is 11.6 Å². The molecule has 7 nitrogen and oxygen atoms in total. The standard InChI is InChI=1S/C18H20N4O3/c1-12(23)19-14-6-8-15(9-7-14)20-17(24)11-22-18(25)10-13-4-2-3-5-16(13)21-22/h6-10H,2-5,11H2,1H3,(H,19,23)(H,20,24). The minimum atomic E-state index is -0.322. The number of aromatic nitrogens is 2. The molecule has 0 bridgehead atoms. The second-order valence-electron chi connectivity index (χ2n) is 6.13. The molecule has 1 aromatic carbocycles. The molecule has 0 aliphatic heterocycles. The van der Waals surface area contributed by atoms with E-state index in [-0.39, 0.29) is 23.9 Å². The number of aryl methyl sites for hydroxylation is 2. The zero-order valence-corrected chi connectivity index (χ0v) is 14.0. The summed E-state index contributed by atoms with van der Waals surface area (Å²) in [6.45, 7) is 1.30. The van der Waals surface area contributed by atoms with E-state index in [0.29, 0.717) is 11.4 Å². The molecule has 0 unspecified atom stereocenters. The lowest BCUT2D eigenvalue weighted by atomic mass is 9.97. The predicted molar refractivity (Wildman–Crippen MR) is 94.5 cm³/mol. The van der Waals surface area contributed by atoms with Crippen LogP contribution in [0.5, 0.6) is 0 Å². The first-order valence-corrected chi connectivity index (χ1v) is 8.29. The van der Waals surface area contributed by atoms with Crippen molar-refractivity contribution in [3.05, 3.63) is 51.9 Å². The van der Waals surface area contributed by atoms with Crippen molar-refractivity contribution in [1.82, 2.24) is 9.78 Å². The molecule has 0 fully saturated rings. The summed E-state index contributed by atoms with van der Waals surface area (Å²) in [6.07, 6.45) is 3.87. The van der Waals surface area contributed by atoms with Gasteiger partial charge in [-0.15, -0.1) is 0 Å². The lowest BCUT2D eigenvalue weighted by Crippen LogP contribution is -2.31. The van der Waals surface area contributed by atoms with Gasteiger partial charge in [-0.25, -0.2) is 4.68 Å². The molecule has 1 aliphatic rings. The Morgan fingerprint density at radius 2 is 1.72 bits per heavy atom. The van der Waals surface area contributed by atoms with Crippen molar-refractivity contribution in [3.63, 3.8) is 0 Å². The number of carbonyl (C=O) groups excluding carboxylic acids is 2. The zero-order chi connectivity index (χ0) is 17.8. The highest BCUT2D eigenvalue weighted by Crippen LogP contribution is 2.17. The van der Waals surface area contributed by atoms with E-state index >= 15 is 0 Å². The van der Waals surface area contributed by atoms with Crippen molar-refractivity contribution in [1.29, 1.82) is 0 Å². The van der Waals surface area contributed by atoms with Crippen molar-refractivity contribution in [2.45, 2.75) is 39.2 Å². The van der Waals surface area contributed by atoms with Crippen LogP contribution in [0.4, 0.5) is 11.4 Å². The van der Waals surface area contributed by atoms with Gasteiger partial charge in [0.1, 0.15) is 6.54 Å². The van der Waals surface area contributed by atoms with Gasteiger partial charge in [-0.1, -0.05) is 0 Å². The second-order valence-corrected chi connectivity index (χ2v) is 6.13. The van der Waals surface area contributed by atoms with E-state index in [4.69, 9.17) is 0 Å². The monoisotopic (exact) mass is 340 g/mol. The van der Waals surface area contributed by atoms with Crippen LogP contribution in [0.2, 0.25) is 0 Å². The van der Waals surface area contributed by atoms with E-state index in [0.717, 1.165) is 36.9 Å². The van der Waals surface area contributed by atoms with Gasteiger partial charge in [0, 0.05) is 24.4 Å². The first-order valence-electron chi connectivity index (χ1n) is 8.29. The highest BCUT2D eigenvalue weighted by Gasteiger charge is 2.14. The zero-order valence-electron chi connectivity index (χ0n) is 14.0. The third kappa shape index (κ3) is 4.32. The molecule has 1 heterocycles. The summed E-state index contributed by atoms with van der Waals surface area (Å²) >= 11 is 0. The number of benzene rings is 1. The molecule has 2 amide bonds. The average Bonchev–Trinajstić information content (AvgIpc) is 2.57. The number of nitrogens with one attached hydrogen (secondary N) is 2.